The largest absolute Gasteiger partial charge is 0.392 e. The molecule has 142 valence electrons. The number of sulfonamides is 1. The predicted octanol–water partition coefficient (Wildman–Crippen LogP) is 3.13. The fourth-order valence-corrected chi connectivity index (χ4v) is 7.16. The van der Waals surface area contributed by atoms with Gasteiger partial charge in [0.2, 0.25) is 0 Å². The Bertz CT molecular complexity index is 740. The van der Waals surface area contributed by atoms with E-state index in [0.717, 1.165) is 11.3 Å². The van der Waals surface area contributed by atoms with Gasteiger partial charge in [0, 0.05) is 31.7 Å². The van der Waals surface area contributed by atoms with Gasteiger partial charge in [0.25, 0.3) is 10.0 Å². The SMILES string of the molecule is Cc1nc(C)c(S(=O)(=O)N2CC[C@H](C(F)(F)F)C3(CCOCC3)C2)s1. The van der Waals surface area contributed by atoms with Crippen LogP contribution in [0.1, 0.15) is 30.0 Å². The van der Waals surface area contributed by atoms with Gasteiger partial charge in [-0.25, -0.2) is 13.4 Å². The van der Waals surface area contributed by atoms with Gasteiger partial charge in [0.05, 0.1) is 16.6 Å². The molecule has 0 unspecified atom stereocenters. The minimum atomic E-state index is -4.33. The minimum absolute atomic E-state index is 0.112. The summed E-state index contributed by atoms with van der Waals surface area (Å²) in [4.78, 5) is 4.14. The van der Waals surface area contributed by atoms with Crippen molar-refractivity contribution in [3.63, 3.8) is 0 Å². The molecule has 0 aromatic carbocycles. The van der Waals surface area contributed by atoms with Gasteiger partial charge in [-0.2, -0.15) is 17.5 Å². The van der Waals surface area contributed by atoms with Crippen LogP contribution in [0.4, 0.5) is 13.2 Å². The standard InChI is InChI=1S/C15H21F3N2O3S2/c1-10-13(24-11(2)19-10)25(21,22)20-6-3-12(15(16,17)18)14(9-20)4-7-23-8-5-14/h12H,3-9H2,1-2H3/t12-/m0/s1. The summed E-state index contributed by atoms with van der Waals surface area (Å²) < 4.78 is 73.3. The number of alkyl halides is 3. The molecule has 3 heterocycles. The second-order valence-electron chi connectivity index (χ2n) is 6.80. The van der Waals surface area contributed by atoms with Crippen molar-refractivity contribution in [2.24, 2.45) is 11.3 Å². The first-order valence-corrected chi connectivity index (χ1v) is 10.4. The van der Waals surface area contributed by atoms with E-state index in [0.29, 0.717) is 10.7 Å². The highest BCUT2D eigenvalue weighted by Crippen LogP contribution is 2.51. The number of aromatic nitrogens is 1. The fourth-order valence-electron chi connectivity index (χ4n) is 3.99. The highest BCUT2D eigenvalue weighted by Gasteiger charge is 2.57. The van der Waals surface area contributed by atoms with E-state index in [2.05, 4.69) is 4.98 Å². The quantitative estimate of drug-likeness (QED) is 0.768. The van der Waals surface area contributed by atoms with Crippen molar-refractivity contribution in [1.29, 1.82) is 0 Å². The molecule has 0 saturated carbocycles. The van der Waals surface area contributed by atoms with Crippen LogP contribution in [0, 0.1) is 25.2 Å². The lowest BCUT2D eigenvalue weighted by Crippen LogP contribution is -2.56. The Labute approximate surface area is 149 Å². The van der Waals surface area contributed by atoms with Gasteiger partial charge in [-0.3, -0.25) is 0 Å². The molecule has 3 rings (SSSR count). The van der Waals surface area contributed by atoms with Crippen molar-refractivity contribution < 1.29 is 26.3 Å². The zero-order valence-corrected chi connectivity index (χ0v) is 15.7. The topological polar surface area (TPSA) is 59.5 Å². The molecule has 0 bridgehead atoms. The van der Waals surface area contributed by atoms with E-state index in [-0.39, 0.29) is 49.8 Å². The second kappa shape index (κ2) is 6.47. The average molecular weight is 398 g/mol. The summed E-state index contributed by atoms with van der Waals surface area (Å²) in [7, 11) is -3.83. The molecule has 0 aliphatic carbocycles. The molecular weight excluding hydrogens is 377 g/mol. The van der Waals surface area contributed by atoms with Crippen LogP contribution in [0.25, 0.3) is 0 Å². The maximum absolute atomic E-state index is 13.6. The second-order valence-corrected chi connectivity index (χ2v) is 10.1. The van der Waals surface area contributed by atoms with Crippen molar-refractivity contribution >= 4 is 21.4 Å². The van der Waals surface area contributed by atoms with Gasteiger partial charge in [0.15, 0.2) is 4.21 Å². The smallest absolute Gasteiger partial charge is 0.381 e. The number of nitrogens with zero attached hydrogens (tertiary/aromatic N) is 2. The summed E-state index contributed by atoms with van der Waals surface area (Å²) in [6.07, 6.45) is -4.09. The third-order valence-corrected chi connectivity index (χ3v) is 8.72. The molecule has 1 spiro atoms. The highest BCUT2D eigenvalue weighted by atomic mass is 32.2. The predicted molar refractivity (Wildman–Crippen MR) is 87.0 cm³/mol. The Balaban J connectivity index is 1.94. The zero-order chi connectivity index (χ0) is 18.5. The van der Waals surface area contributed by atoms with Crippen molar-refractivity contribution in [2.45, 2.75) is 43.5 Å². The van der Waals surface area contributed by atoms with Crippen LogP contribution in [0.2, 0.25) is 0 Å². The molecule has 2 aliphatic rings. The van der Waals surface area contributed by atoms with Gasteiger partial charge in [-0.05, 0) is 33.1 Å². The Morgan fingerprint density at radius 2 is 1.92 bits per heavy atom. The molecule has 2 aliphatic heterocycles. The summed E-state index contributed by atoms with van der Waals surface area (Å²) in [6.45, 7) is 3.57. The highest BCUT2D eigenvalue weighted by molar-refractivity contribution is 7.91. The summed E-state index contributed by atoms with van der Waals surface area (Å²) in [5.41, 5.74) is -0.698. The van der Waals surface area contributed by atoms with E-state index < -0.39 is 27.5 Å². The Morgan fingerprint density at radius 1 is 1.28 bits per heavy atom. The molecule has 2 fully saturated rings. The van der Waals surface area contributed by atoms with E-state index in [1.54, 1.807) is 13.8 Å². The number of ether oxygens (including phenoxy) is 1. The normalized spacial score (nSPS) is 25.4. The Morgan fingerprint density at radius 3 is 2.44 bits per heavy atom. The maximum Gasteiger partial charge on any atom is 0.392 e. The van der Waals surface area contributed by atoms with Gasteiger partial charge in [-0.15, -0.1) is 11.3 Å². The number of piperidine rings is 1. The molecule has 2 saturated heterocycles. The fraction of sp³-hybridized carbons (Fsp3) is 0.800. The minimum Gasteiger partial charge on any atom is -0.381 e. The Kier molecular flexibility index (Phi) is 4.93. The van der Waals surface area contributed by atoms with Crippen LogP contribution >= 0.6 is 11.3 Å². The number of hydrogen-bond donors (Lipinski definition) is 0. The van der Waals surface area contributed by atoms with Crippen LogP contribution < -0.4 is 0 Å². The van der Waals surface area contributed by atoms with Crippen LogP contribution in [-0.2, 0) is 14.8 Å². The third-order valence-electron chi connectivity index (χ3n) is 5.22. The van der Waals surface area contributed by atoms with Gasteiger partial charge in [-0.1, -0.05) is 0 Å². The molecule has 25 heavy (non-hydrogen) atoms. The summed E-state index contributed by atoms with van der Waals surface area (Å²) >= 11 is 1.07. The van der Waals surface area contributed by atoms with Gasteiger partial charge in [0.1, 0.15) is 0 Å². The number of thiazole rings is 1. The monoisotopic (exact) mass is 398 g/mol. The van der Waals surface area contributed by atoms with E-state index in [9.17, 15) is 21.6 Å². The Hall–Kier alpha value is -0.710. The first-order chi connectivity index (χ1) is 11.6. The summed E-state index contributed by atoms with van der Waals surface area (Å²) in [6, 6.07) is 0. The zero-order valence-electron chi connectivity index (χ0n) is 14.1. The lowest BCUT2D eigenvalue weighted by atomic mass is 9.66. The van der Waals surface area contributed by atoms with E-state index in [1.807, 2.05) is 0 Å². The van der Waals surface area contributed by atoms with Crippen LogP contribution in [0.3, 0.4) is 0 Å². The molecule has 0 radical (unpaired) electrons. The molecule has 10 heteroatoms. The molecule has 0 amide bonds. The maximum atomic E-state index is 13.6. The lowest BCUT2D eigenvalue weighted by molar-refractivity contribution is -0.231. The van der Waals surface area contributed by atoms with Crippen LogP contribution in [0.15, 0.2) is 4.21 Å². The van der Waals surface area contributed by atoms with Crippen molar-refractivity contribution in [1.82, 2.24) is 9.29 Å². The van der Waals surface area contributed by atoms with Crippen molar-refractivity contribution in [3.8, 4) is 0 Å². The number of hydrogen-bond acceptors (Lipinski definition) is 5. The summed E-state index contributed by atoms with van der Waals surface area (Å²) in [5, 5.41) is 0.627. The van der Waals surface area contributed by atoms with Crippen molar-refractivity contribution in [3.05, 3.63) is 10.7 Å². The number of rotatable bonds is 2. The van der Waals surface area contributed by atoms with Gasteiger partial charge < -0.3 is 4.74 Å². The van der Waals surface area contributed by atoms with E-state index in [1.165, 1.54) is 4.31 Å². The lowest BCUT2D eigenvalue weighted by Gasteiger charge is -2.50. The van der Waals surface area contributed by atoms with Crippen LogP contribution in [-0.4, -0.2) is 50.2 Å². The number of halogens is 3. The van der Waals surface area contributed by atoms with E-state index >= 15 is 0 Å². The molecule has 5 nitrogen and oxygen atoms in total. The third kappa shape index (κ3) is 3.45. The van der Waals surface area contributed by atoms with Crippen molar-refractivity contribution in [2.75, 3.05) is 26.3 Å². The van der Waals surface area contributed by atoms with Crippen LogP contribution in [0.5, 0.6) is 0 Å². The molecular formula is C15H21F3N2O3S2. The van der Waals surface area contributed by atoms with E-state index in [4.69, 9.17) is 4.74 Å². The molecule has 0 N–H and O–H groups in total. The molecule has 1 aromatic rings. The number of aryl methyl sites for hydroxylation is 2. The average Bonchev–Trinajstić information content (AvgIpc) is 2.86. The summed E-state index contributed by atoms with van der Waals surface area (Å²) in [5.74, 6) is -1.49. The first kappa shape index (κ1) is 19.1. The molecule has 1 aromatic heterocycles. The van der Waals surface area contributed by atoms with Gasteiger partial charge >= 0.3 is 6.18 Å². The first-order valence-electron chi connectivity index (χ1n) is 8.15. The molecule has 1 atom stereocenters.